The maximum Gasteiger partial charge on any atom is 0.108 e. The number of ether oxygens (including phenoxy) is 1. The molecule has 0 aromatic heterocycles. The number of hydrogen-bond donors (Lipinski definition) is 0. The smallest absolute Gasteiger partial charge is 0.108 e. The van der Waals surface area contributed by atoms with Crippen LogP contribution < -0.4 is 0 Å². The van der Waals surface area contributed by atoms with Crippen LogP contribution >= 0.6 is 0 Å². The Hall–Kier alpha value is -4.36. The summed E-state index contributed by atoms with van der Waals surface area (Å²) in [7, 11) is 0. The average molecular weight is 489 g/mol. The van der Waals surface area contributed by atoms with E-state index in [0.717, 1.165) is 12.0 Å². The molecule has 0 fully saturated rings. The molecule has 182 valence electrons. The molecule has 0 saturated carbocycles. The maximum absolute atomic E-state index is 6.18. The first-order valence-corrected chi connectivity index (χ1v) is 13.6. The van der Waals surface area contributed by atoms with Gasteiger partial charge in [-0.1, -0.05) is 117 Å². The third-order valence-corrected chi connectivity index (χ3v) is 9.05. The van der Waals surface area contributed by atoms with Crippen LogP contribution in [-0.2, 0) is 10.2 Å². The van der Waals surface area contributed by atoms with Crippen LogP contribution in [0.1, 0.15) is 47.1 Å². The predicted octanol–water partition coefficient (Wildman–Crippen LogP) is 9.19. The summed E-state index contributed by atoms with van der Waals surface area (Å²) in [5, 5.41) is 5.43. The molecular weight excluding hydrogens is 460 g/mol. The SMILES string of the molecule is C=C1/C=C\C=C/OC(CC)C1c1ccc2c(c1)-c1ccccc1C21c2cccc3ccc4cccc1c4c23. The van der Waals surface area contributed by atoms with Gasteiger partial charge in [-0.25, -0.2) is 0 Å². The highest BCUT2D eigenvalue weighted by Crippen LogP contribution is 2.62. The van der Waals surface area contributed by atoms with Gasteiger partial charge < -0.3 is 4.74 Å². The molecule has 0 bridgehead atoms. The maximum atomic E-state index is 6.18. The minimum Gasteiger partial charge on any atom is -0.497 e. The molecule has 2 aliphatic carbocycles. The first-order chi connectivity index (χ1) is 18.7. The monoisotopic (exact) mass is 488 g/mol. The Kier molecular flexibility index (Phi) is 4.47. The number of fused-ring (bicyclic) bond motifs is 7. The van der Waals surface area contributed by atoms with Crippen molar-refractivity contribution < 1.29 is 4.74 Å². The van der Waals surface area contributed by atoms with Crippen LogP contribution in [0.4, 0.5) is 0 Å². The molecule has 0 amide bonds. The minimum atomic E-state index is -0.311. The van der Waals surface area contributed by atoms with E-state index >= 15 is 0 Å². The Bertz CT molecular complexity index is 1800. The van der Waals surface area contributed by atoms with Gasteiger partial charge in [-0.05, 0) is 78.6 Å². The fraction of sp³-hybridized carbons (Fsp3) is 0.135. The molecule has 0 radical (unpaired) electrons. The molecule has 0 saturated heterocycles. The van der Waals surface area contributed by atoms with E-state index in [1.54, 1.807) is 0 Å². The van der Waals surface area contributed by atoms with Gasteiger partial charge in [0.05, 0.1) is 11.7 Å². The summed E-state index contributed by atoms with van der Waals surface area (Å²) in [5.41, 5.74) is 10.2. The van der Waals surface area contributed by atoms with Gasteiger partial charge >= 0.3 is 0 Å². The van der Waals surface area contributed by atoms with Gasteiger partial charge in [0.1, 0.15) is 6.10 Å². The van der Waals surface area contributed by atoms with Crippen molar-refractivity contribution in [3.8, 4) is 11.1 Å². The van der Waals surface area contributed by atoms with Gasteiger partial charge in [-0.2, -0.15) is 0 Å². The second-order valence-electron chi connectivity index (χ2n) is 10.8. The number of allylic oxidation sites excluding steroid dienone is 3. The highest BCUT2D eigenvalue weighted by atomic mass is 16.5. The molecule has 38 heavy (non-hydrogen) atoms. The normalized spacial score (nSPS) is 21.8. The van der Waals surface area contributed by atoms with E-state index in [1.165, 1.54) is 60.5 Å². The van der Waals surface area contributed by atoms with E-state index in [4.69, 9.17) is 4.74 Å². The molecule has 1 heterocycles. The predicted molar refractivity (Wildman–Crippen MR) is 158 cm³/mol. The average Bonchev–Trinajstić information content (AvgIpc) is 3.42. The Balaban J connectivity index is 1.44. The van der Waals surface area contributed by atoms with Crippen molar-refractivity contribution in [2.75, 3.05) is 0 Å². The molecule has 0 N–H and O–H groups in total. The second-order valence-corrected chi connectivity index (χ2v) is 10.8. The lowest BCUT2D eigenvalue weighted by molar-refractivity contribution is 0.124. The second kappa shape index (κ2) is 7.82. The molecule has 2 unspecified atom stereocenters. The Labute approximate surface area is 223 Å². The highest BCUT2D eigenvalue weighted by Gasteiger charge is 2.50. The van der Waals surface area contributed by atoms with Crippen LogP contribution in [0.5, 0.6) is 0 Å². The van der Waals surface area contributed by atoms with Crippen molar-refractivity contribution in [3.63, 3.8) is 0 Å². The molecular formula is C37H28O. The van der Waals surface area contributed by atoms with Crippen molar-refractivity contribution in [2.45, 2.75) is 30.8 Å². The molecule has 1 nitrogen and oxygen atoms in total. The summed E-state index contributed by atoms with van der Waals surface area (Å²) >= 11 is 0. The van der Waals surface area contributed by atoms with Crippen molar-refractivity contribution in [1.82, 2.24) is 0 Å². The van der Waals surface area contributed by atoms with Crippen molar-refractivity contribution >= 4 is 21.5 Å². The zero-order valence-corrected chi connectivity index (χ0v) is 21.4. The largest absolute Gasteiger partial charge is 0.497 e. The van der Waals surface area contributed by atoms with Crippen LogP contribution in [-0.4, -0.2) is 6.10 Å². The summed E-state index contributed by atoms with van der Waals surface area (Å²) in [6, 6.07) is 34.4. The first kappa shape index (κ1) is 21.7. The first-order valence-electron chi connectivity index (χ1n) is 13.6. The van der Waals surface area contributed by atoms with E-state index in [9.17, 15) is 0 Å². The Morgan fingerprint density at radius 1 is 0.711 bits per heavy atom. The molecule has 8 rings (SSSR count). The van der Waals surface area contributed by atoms with Crippen LogP contribution in [0, 0.1) is 0 Å². The summed E-state index contributed by atoms with van der Waals surface area (Å²) in [6.45, 7) is 6.65. The van der Waals surface area contributed by atoms with E-state index in [0.29, 0.717) is 0 Å². The number of rotatable bonds is 2. The van der Waals surface area contributed by atoms with Gasteiger partial charge in [-0.3, -0.25) is 0 Å². The molecule has 1 heteroatoms. The van der Waals surface area contributed by atoms with Crippen molar-refractivity contribution in [3.05, 3.63) is 155 Å². The zero-order chi connectivity index (χ0) is 25.4. The van der Waals surface area contributed by atoms with Gasteiger partial charge in [-0.15, -0.1) is 0 Å². The highest BCUT2D eigenvalue weighted by molar-refractivity contribution is 6.17. The molecule has 1 spiro atoms. The Morgan fingerprint density at radius 3 is 2.13 bits per heavy atom. The lowest BCUT2D eigenvalue weighted by Gasteiger charge is -2.31. The fourth-order valence-corrected chi connectivity index (χ4v) is 7.55. The standard InChI is InChI=1S/C37H28O/c1-3-33-34(23(2)10-6-7-21-38-33)26-19-20-30-28(22-26)27-13-4-5-14-29(27)37(30)31-15-8-11-24-17-18-25-12-9-16-32(37)36(25)35(24)31/h4-22,33-34H,2-3H2,1H3/b10-6-,21-7-. The van der Waals surface area contributed by atoms with Crippen molar-refractivity contribution in [2.24, 2.45) is 0 Å². The molecule has 5 aromatic rings. The minimum absolute atomic E-state index is 0.0468. The van der Waals surface area contributed by atoms with E-state index in [2.05, 4.69) is 111 Å². The van der Waals surface area contributed by atoms with E-state index < -0.39 is 0 Å². The lowest BCUT2D eigenvalue weighted by atomic mass is 9.70. The topological polar surface area (TPSA) is 9.23 Å². The van der Waals surface area contributed by atoms with E-state index in [-0.39, 0.29) is 17.4 Å². The molecule has 1 aliphatic heterocycles. The molecule has 3 aliphatic rings. The zero-order valence-electron chi connectivity index (χ0n) is 21.4. The summed E-state index contributed by atoms with van der Waals surface area (Å²) in [5.74, 6) is 0.0999. The Morgan fingerprint density at radius 2 is 1.39 bits per heavy atom. The third kappa shape index (κ3) is 2.61. The van der Waals surface area contributed by atoms with E-state index in [1.807, 2.05) is 18.4 Å². The van der Waals surface area contributed by atoms with Crippen LogP contribution in [0.15, 0.2) is 128 Å². The summed E-state index contributed by atoms with van der Waals surface area (Å²) < 4.78 is 6.18. The van der Waals surface area contributed by atoms with Crippen LogP contribution in [0.2, 0.25) is 0 Å². The number of benzene rings is 5. The van der Waals surface area contributed by atoms with Crippen molar-refractivity contribution in [1.29, 1.82) is 0 Å². The summed E-state index contributed by atoms with van der Waals surface area (Å²) in [6.07, 6.45) is 8.88. The van der Waals surface area contributed by atoms with Crippen LogP contribution in [0.25, 0.3) is 32.7 Å². The van der Waals surface area contributed by atoms with Crippen LogP contribution in [0.3, 0.4) is 0 Å². The third-order valence-electron chi connectivity index (χ3n) is 9.05. The van der Waals surface area contributed by atoms with Gasteiger partial charge in [0.25, 0.3) is 0 Å². The van der Waals surface area contributed by atoms with Gasteiger partial charge in [0.15, 0.2) is 0 Å². The van der Waals surface area contributed by atoms with Gasteiger partial charge in [0, 0.05) is 5.92 Å². The molecule has 5 aromatic carbocycles. The molecule has 2 atom stereocenters. The lowest BCUT2D eigenvalue weighted by Crippen LogP contribution is -2.26. The number of hydrogen-bond acceptors (Lipinski definition) is 1. The van der Waals surface area contributed by atoms with Gasteiger partial charge in [0.2, 0.25) is 0 Å². The fourth-order valence-electron chi connectivity index (χ4n) is 7.55. The summed E-state index contributed by atoms with van der Waals surface area (Å²) in [4.78, 5) is 0. The quantitative estimate of drug-likeness (QED) is 0.220.